The van der Waals surface area contributed by atoms with Crippen LogP contribution in [0.2, 0.25) is 0 Å². The first kappa shape index (κ1) is 21.1. The fourth-order valence-electron chi connectivity index (χ4n) is 3.92. The molecule has 2 heterocycles. The van der Waals surface area contributed by atoms with Crippen LogP contribution in [-0.4, -0.2) is 37.7 Å². The number of rotatable bonds is 8. The fourth-order valence-corrected chi connectivity index (χ4v) is 3.92. The van der Waals surface area contributed by atoms with Crippen LogP contribution in [0.15, 0.2) is 51.7 Å². The number of hydrogen-bond acceptors (Lipinski definition) is 5. The first-order valence-corrected chi connectivity index (χ1v) is 10.3. The predicted octanol–water partition coefficient (Wildman–Crippen LogP) is 4.30. The second-order valence-corrected chi connectivity index (χ2v) is 7.48. The molecule has 162 valence electrons. The molecule has 0 bridgehead atoms. The Morgan fingerprint density at radius 1 is 1.10 bits per heavy atom. The van der Waals surface area contributed by atoms with Gasteiger partial charge in [0, 0.05) is 20.3 Å². The van der Waals surface area contributed by atoms with Crippen molar-refractivity contribution in [3.63, 3.8) is 0 Å². The minimum absolute atomic E-state index is 0.0119. The van der Waals surface area contributed by atoms with E-state index < -0.39 is 17.3 Å². The summed E-state index contributed by atoms with van der Waals surface area (Å²) in [6.45, 7) is 3.50. The van der Waals surface area contributed by atoms with Crippen LogP contribution in [-0.2, 0) is 4.74 Å². The van der Waals surface area contributed by atoms with E-state index >= 15 is 0 Å². The maximum Gasteiger partial charge on any atom is 0.290 e. The third kappa shape index (κ3) is 3.93. The van der Waals surface area contributed by atoms with Gasteiger partial charge in [-0.15, -0.1) is 0 Å². The van der Waals surface area contributed by atoms with Gasteiger partial charge in [0.05, 0.1) is 23.6 Å². The summed E-state index contributed by atoms with van der Waals surface area (Å²) in [6, 6.07) is 10.4. The van der Waals surface area contributed by atoms with Gasteiger partial charge in [-0.3, -0.25) is 9.59 Å². The molecular weight excluding hydrogens is 401 g/mol. The summed E-state index contributed by atoms with van der Waals surface area (Å²) in [6.07, 6.45) is 1.50. The average Bonchev–Trinajstić information content (AvgIpc) is 3.05. The summed E-state index contributed by atoms with van der Waals surface area (Å²) in [5.41, 5.74) is 0.799. The third-order valence-electron chi connectivity index (χ3n) is 5.34. The monoisotopic (exact) mass is 425 g/mol. The van der Waals surface area contributed by atoms with Crippen LogP contribution in [0.4, 0.5) is 4.39 Å². The Morgan fingerprint density at radius 3 is 2.58 bits per heavy atom. The zero-order valence-electron chi connectivity index (χ0n) is 17.5. The lowest BCUT2D eigenvalue weighted by Gasteiger charge is -2.25. The molecule has 31 heavy (non-hydrogen) atoms. The van der Waals surface area contributed by atoms with Crippen molar-refractivity contribution in [2.24, 2.45) is 0 Å². The minimum Gasteiger partial charge on any atom is -0.494 e. The Balaban J connectivity index is 1.82. The molecule has 0 saturated carbocycles. The highest BCUT2D eigenvalue weighted by atomic mass is 19.1. The van der Waals surface area contributed by atoms with Crippen molar-refractivity contribution in [1.82, 2.24) is 4.90 Å². The average molecular weight is 425 g/mol. The molecule has 1 aliphatic rings. The number of ether oxygens (including phenoxy) is 2. The normalized spacial score (nSPS) is 15.5. The Bertz CT molecular complexity index is 1160. The Morgan fingerprint density at radius 2 is 1.87 bits per heavy atom. The van der Waals surface area contributed by atoms with Crippen molar-refractivity contribution in [3.05, 3.63) is 75.4 Å². The summed E-state index contributed by atoms with van der Waals surface area (Å²) in [5.74, 6) is -0.160. The van der Waals surface area contributed by atoms with Crippen molar-refractivity contribution in [2.45, 2.75) is 25.8 Å². The largest absolute Gasteiger partial charge is 0.494 e. The zero-order chi connectivity index (χ0) is 22.0. The van der Waals surface area contributed by atoms with E-state index in [-0.39, 0.29) is 28.2 Å². The molecule has 0 spiro atoms. The molecule has 1 aromatic heterocycles. The van der Waals surface area contributed by atoms with Gasteiger partial charge in [0.1, 0.15) is 17.1 Å². The molecule has 0 saturated heterocycles. The third-order valence-corrected chi connectivity index (χ3v) is 5.34. The molecule has 0 N–H and O–H groups in total. The van der Waals surface area contributed by atoms with E-state index in [1.54, 1.807) is 12.0 Å². The number of halogens is 1. The SMILES string of the molecule is CCCOc1ccc(C2c3c(oc4ccc(F)cc4c3=O)C(=O)N2CCCOC)cc1. The lowest BCUT2D eigenvalue weighted by atomic mass is 9.98. The highest BCUT2D eigenvalue weighted by Crippen LogP contribution is 2.38. The molecule has 1 atom stereocenters. The lowest BCUT2D eigenvalue weighted by Crippen LogP contribution is -2.31. The van der Waals surface area contributed by atoms with E-state index in [0.717, 1.165) is 18.1 Å². The molecule has 1 aliphatic heterocycles. The number of fused-ring (bicyclic) bond motifs is 2. The molecule has 3 aromatic rings. The molecule has 0 fully saturated rings. The number of methoxy groups -OCH3 is 1. The van der Waals surface area contributed by atoms with Crippen LogP contribution in [0.5, 0.6) is 5.75 Å². The predicted molar refractivity (Wildman–Crippen MR) is 114 cm³/mol. The van der Waals surface area contributed by atoms with E-state index in [2.05, 4.69) is 0 Å². The number of carbonyl (C=O) groups excluding carboxylic acids is 1. The van der Waals surface area contributed by atoms with Crippen molar-refractivity contribution < 1.29 is 23.1 Å². The smallest absolute Gasteiger partial charge is 0.290 e. The summed E-state index contributed by atoms with van der Waals surface area (Å²) >= 11 is 0. The Kier molecular flexibility index (Phi) is 6.04. The van der Waals surface area contributed by atoms with Gasteiger partial charge >= 0.3 is 0 Å². The first-order chi connectivity index (χ1) is 15.0. The Labute approximate surface area is 179 Å². The molecular formula is C24H24FNO5. The summed E-state index contributed by atoms with van der Waals surface area (Å²) in [7, 11) is 1.60. The van der Waals surface area contributed by atoms with E-state index in [0.29, 0.717) is 31.9 Å². The van der Waals surface area contributed by atoms with E-state index in [1.165, 1.54) is 12.1 Å². The number of nitrogens with zero attached hydrogens (tertiary/aromatic N) is 1. The molecule has 2 aromatic carbocycles. The van der Waals surface area contributed by atoms with Gasteiger partial charge in [-0.1, -0.05) is 19.1 Å². The molecule has 7 heteroatoms. The number of benzene rings is 2. The standard InChI is InChI=1S/C24H24FNO5/c1-3-12-30-17-8-5-15(6-9-17)21-20-22(27)18-14-16(25)7-10-19(18)31-23(20)24(28)26(21)11-4-13-29-2/h5-10,14,21H,3-4,11-13H2,1-2H3. The molecule has 1 amide bonds. The van der Waals surface area contributed by atoms with Gasteiger partial charge in [0.15, 0.2) is 5.43 Å². The summed E-state index contributed by atoms with van der Waals surface area (Å²) in [4.78, 5) is 28.1. The lowest BCUT2D eigenvalue weighted by molar-refractivity contribution is 0.0708. The van der Waals surface area contributed by atoms with Gasteiger partial charge in [-0.2, -0.15) is 0 Å². The zero-order valence-corrected chi connectivity index (χ0v) is 17.5. The molecule has 6 nitrogen and oxygen atoms in total. The van der Waals surface area contributed by atoms with Gasteiger partial charge in [0.2, 0.25) is 5.76 Å². The molecule has 1 unspecified atom stereocenters. The quantitative estimate of drug-likeness (QED) is 0.503. The van der Waals surface area contributed by atoms with Gasteiger partial charge in [-0.05, 0) is 48.7 Å². The topological polar surface area (TPSA) is 69.0 Å². The second-order valence-electron chi connectivity index (χ2n) is 7.48. The number of hydrogen-bond donors (Lipinski definition) is 0. The van der Waals surface area contributed by atoms with Crippen LogP contribution >= 0.6 is 0 Å². The van der Waals surface area contributed by atoms with Gasteiger partial charge in [0.25, 0.3) is 5.91 Å². The first-order valence-electron chi connectivity index (χ1n) is 10.3. The van der Waals surface area contributed by atoms with Crippen LogP contribution in [0.3, 0.4) is 0 Å². The fraction of sp³-hybridized carbons (Fsp3) is 0.333. The molecule has 4 rings (SSSR count). The van der Waals surface area contributed by atoms with Crippen LogP contribution in [0.1, 0.15) is 47.5 Å². The van der Waals surface area contributed by atoms with Crippen LogP contribution in [0, 0.1) is 5.82 Å². The van der Waals surface area contributed by atoms with Crippen LogP contribution < -0.4 is 10.2 Å². The maximum absolute atomic E-state index is 13.8. The molecule has 0 aliphatic carbocycles. The Hall–Kier alpha value is -3.19. The van der Waals surface area contributed by atoms with E-state index in [1.807, 2.05) is 31.2 Å². The maximum atomic E-state index is 13.8. The van der Waals surface area contributed by atoms with Crippen molar-refractivity contribution >= 4 is 16.9 Å². The minimum atomic E-state index is -0.622. The molecule has 0 radical (unpaired) electrons. The number of amides is 1. The highest BCUT2D eigenvalue weighted by Gasteiger charge is 2.42. The highest BCUT2D eigenvalue weighted by molar-refractivity contribution is 5.99. The van der Waals surface area contributed by atoms with Gasteiger partial charge < -0.3 is 18.8 Å². The summed E-state index contributed by atoms with van der Waals surface area (Å²) in [5, 5.41) is 0.123. The summed E-state index contributed by atoms with van der Waals surface area (Å²) < 4.78 is 30.4. The van der Waals surface area contributed by atoms with E-state index in [4.69, 9.17) is 13.9 Å². The van der Waals surface area contributed by atoms with Crippen LogP contribution in [0.25, 0.3) is 11.0 Å². The second kappa shape index (κ2) is 8.89. The van der Waals surface area contributed by atoms with Crippen molar-refractivity contribution in [1.29, 1.82) is 0 Å². The van der Waals surface area contributed by atoms with Crippen molar-refractivity contribution in [2.75, 3.05) is 26.9 Å². The van der Waals surface area contributed by atoms with E-state index in [9.17, 15) is 14.0 Å². The van der Waals surface area contributed by atoms with Gasteiger partial charge in [-0.25, -0.2) is 4.39 Å². The number of carbonyl (C=O) groups is 1. The van der Waals surface area contributed by atoms with Crippen molar-refractivity contribution in [3.8, 4) is 5.75 Å².